The van der Waals surface area contributed by atoms with Crippen LogP contribution in [-0.4, -0.2) is 21.2 Å². The molecular weight excluding hydrogens is 334 g/mol. The summed E-state index contributed by atoms with van der Waals surface area (Å²) in [5, 5.41) is 13.4. The maximum atomic E-state index is 11.3. The van der Waals surface area contributed by atoms with Crippen molar-refractivity contribution in [2.75, 3.05) is 0 Å². The molecule has 0 unspecified atom stereocenters. The van der Waals surface area contributed by atoms with E-state index >= 15 is 0 Å². The Hall–Kier alpha value is -1.22. The summed E-state index contributed by atoms with van der Waals surface area (Å²) in [4.78, 5) is 6.70. The fourth-order valence-corrected chi connectivity index (χ4v) is 4.49. The van der Waals surface area contributed by atoms with Crippen LogP contribution in [0.3, 0.4) is 0 Å². The Balaban J connectivity index is 2.68. The van der Waals surface area contributed by atoms with E-state index < -0.39 is 0 Å². The molecule has 3 nitrogen and oxygen atoms in total. The molecule has 1 saturated heterocycles. The van der Waals surface area contributed by atoms with Gasteiger partial charge >= 0.3 is 0 Å². The Morgan fingerprint density at radius 3 is 1.81 bits per heavy atom. The van der Waals surface area contributed by atoms with Crippen molar-refractivity contribution in [3.63, 3.8) is 0 Å². The van der Waals surface area contributed by atoms with Crippen molar-refractivity contribution in [2.24, 2.45) is 0 Å². The van der Waals surface area contributed by atoms with Gasteiger partial charge in [0.1, 0.15) is 5.75 Å². The third-order valence-corrected chi connectivity index (χ3v) is 5.86. The number of aryl methyl sites for hydroxylation is 1. The zero-order valence-corrected chi connectivity index (χ0v) is 19.5. The highest BCUT2D eigenvalue weighted by atomic mass is 16.7. The monoisotopic (exact) mass is 375 g/mol. The van der Waals surface area contributed by atoms with Gasteiger partial charge in [0.25, 0.3) is 0 Å². The molecule has 1 aromatic carbocycles. The van der Waals surface area contributed by atoms with Gasteiger partial charge in [0.15, 0.2) is 5.75 Å². The normalized spacial score (nSPS) is 20.6. The molecule has 0 atom stereocenters. The molecule has 3 heteroatoms. The molecule has 2 rings (SSSR count). The van der Waals surface area contributed by atoms with Gasteiger partial charge in [-0.05, 0) is 76.3 Å². The Morgan fingerprint density at radius 1 is 0.926 bits per heavy atom. The van der Waals surface area contributed by atoms with Gasteiger partial charge in [0, 0.05) is 11.1 Å². The first-order valence-electron chi connectivity index (χ1n) is 10.3. The van der Waals surface area contributed by atoms with Crippen molar-refractivity contribution < 1.29 is 9.94 Å². The van der Waals surface area contributed by atoms with E-state index in [1.165, 1.54) is 6.42 Å². The van der Waals surface area contributed by atoms with Crippen LogP contribution < -0.4 is 4.84 Å². The van der Waals surface area contributed by atoms with E-state index in [0.29, 0.717) is 5.75 Å². The largest absolute Gasteiger partial charge is 0.507 e. The van der Waals surface area contributed by atoms with Crippen LogP contribution in [0.4, 0.5) is 0 Å². The molecular formula is C24H41NO2. The van der Waals surface area contributed by atoms with Crippen molar-refractivity contribution in [1.82, 2.24) is 5.06 Å². The highest BCUT2D eigenvalue weighted by molar-refractivity contribution is 5.58. The maximum absolute atomic E-state index is 11.3. The molecule has 0 aromatic heterocycles. The van der Waals surface area contributed by atoms with E-state index in [0.717, 1.165) is 35.3 Å². The van der Waals surface area contributed by atoms with Gasteiger partial charge in [-0.1, -0.05) is 41.5 Å². The molecule has 1 heterocycles. The number of phenolic OH excluding ortho intramolecular Hbond substituents is 1. The second-order valence-corrected chi connectivity index (χ2v) is 11.7. The summed E-state index contributed by atoms with van der Waals surface area (Å²) < 4.78 is 0. The molecule has 1 aromatic rings. The van der Waals surface area contributed by atoms with E-state index in [1.54, 1.807) is 0 Å². The molecule has 0 bridgehead atoms. The Kier molecular flexibility index (Phi) is 5.47. The van der Waals surface area contributed by atoms with Crippen LogP contribution >= 0.6 is 0 Å². The summed E-state index contributed by atoms with van der Waals surface area (Å²) in [5.74, 6) is 1.19. The molecule has 1 fully saturated rings. The minimum Gasteiger partial charge on any atom is -0.507 e. The predicted molar refractivity (Wildman–Crippen MR) is 115 cm³/mol. The van der Waals surface area contributed by atoms with Gasteiger partial charge in [-0.15, -0.1) is 5.06 Å². The van der Waals surface area contributed by atoms with Crippen LogP contribution in [-0.2, 0) is 10.8 Å². The number of nitrogens with zero attached hydrogens (tertiary/aromatic N) is 1. The highest BCUT2D eigenvalue weighted by Crippen LogP contribution is 2.48. The number of hydrogen-bond donors (Lipinski definition) is 1. The minimum atomic E-state index is -0.227. The van der Waals surface area contributed by atoms with E-state index in [9.17, 15) is 5.11 Å². The quantitative estimate of drug-likeness (QED) is 0.629. The van der Waals surface area contributed by atoms with Crippen molar-refractivity contribution >= 4 is 0 Å². The zero-order chi connectivity index (χ0) is 21.0. The number of hydroxylamine groups is 2. The van der Waals surface area contributed by atoms with Crippen LogP contribution in [0.2, 0.25) is 0 Å². The molecule has 154 valence electrons. The molecule has 27 heavy (non-hydrogen) atoms. The molecule has 1 aliphatic heterocycles. The van der Waals surface area contributed by atoms with Crippen LogP contribution in [0.15, 0.2) is 6.07 Å². The molecule has 0 aliphatic carbocycles. The second-order valence-electron chi connectivity index (χ2n) is 11.7. The number of hydrogen-bond acceptors (Lipinski definition) is 3. The summed E-state index contributed by atoms with van der Waals surface area (Å²) in [7, 11) is 0. The van der Waals surface area contributed by atoms with Crippen LogP contribution in [0.5, 0.6) is 11.5 Å². The molecule has 1 N–H and O–H groups in total. The van der Waals surface area contributed by atoms with Gasteiger partial charge in [0.2, 0.25) is 0 Å². The predicted octanol–water partition coefficient (Wildman–Crippen LogP) is 6.63. The fourth-order valence-electron chi connectivity index (χ4n) is 4.49. The van der Waals surface area contributed by atoms with Crippen LogP contribution in [0.25, 0.3) is 0 Å². The molecule has 0 radical (unpaired) electrons. The van der Waals surface area contributed by atoms with E-state index in [4.69, 9.17) is 4.84 Å². The highest BCUT2D eigenvalue weighted by Gasteiger charge is 2.44. The molecule has 0 saturated carbocycles. The molecule has 0 amide bonds. The number of phenols is 1. The lowest BCUT2D eigenvalue weighted by Gasteiger charge is -2.51. The summed E-state index contributed by atoms with van der Waals surface area (Å²) in [6, 6.07) is 2.10. The first-order valence-corrected chi connectivity index (χ1v) is 10.3. The second kappa shape index (κ2) is 6.69. The van der Waals surface area contributed by atoms with Gasteiger partial charge in [-0.3, -0.25) is 0 Å². The topological polar surface area (TPSA) is 32.7 Å². The third-order valence-electron chi connectivity index (χ3n) is 5.86. The standard InChI is InChI=1S/C24H41NO2/c1-16-15-17(21(2,3)4)19(26)18(22(5,6)7)20(16)27-25-23(8,9)13-12-14-24(25,10)11/h15,26H,12-14H2,1-11H3. The van der Waals surface area contributed by atoms with Gasteiger partial charge in [0.05, 0.1) is 11.1 Å². The van der Waals surface area contributed by atoms with Gasteiger partial charge < -0.3 is 9.94 Å². The number of rotatable bonds is 2. The first kappa shape index (κ1) is 22.1. The van der Waals surface area contributed by atoms with Crippen molar-refractivity contribution in [3.05, 3.63) is 22.8 Å². The van der Waals surface area contributed by atoms with Crippen molar-refractivity contribution in [1.29, 1.82) is 0 Å². The third kappa shape index (κ3) is 4.29. The lowest BCUT2D eigenvalue weighted by Crippen LogP contribution is -2.60. The summed E-state index contributed by atoms with van der Waals surface area (Å²) in [5.41, 5.74) is 2.51. The van der Waals surface area contributed by atoms with Crippen molar-refractivity contribution in [3.8, 4) is 11.5 Å². The van der Waals surface area contributed by atoms with E-state index in [1.807, 2.05) is 0 Å². The Labute approximate surface area is 167 Å². The van der Waals surface area contributed by atoms with E-state index in [2.05, 4.69) is 87.3 Å². The Morgan fingerprint density at radius 2 is 1.41 bits per heavy atom. The Bertz CT molecular complexity index is 687. The van der Waals surface area contributed by atoms with Crippen LogP contribution in [0, 0.1) is 6.92 Å². The summed E-state index contributed by atoms with van der Waals surface area (Å²) in [6.45, 7) is 24.0. The summed E-state index contributed by atoms with van der Waals surface area (Å²) >= 11 is 0. The average molecular weight is 376 g/mol. The maximum Gasteiger partial charge on any atom is 0.157 e. The smallest absolute Gasteiger partial charge is 0.157 e. The fraction of sp³-hybridized carbons (Fsp3) is 0.750. The van der Waals surface area contributed by atoms with Crippen molar-refractivity contribution in [2.45, 2.75) is 117 Å². The van der Waals surface area contributed by atoms with E-state index in [-0.39, 0.29) is 21.9 Å². The first-order chi connectivity index (χ1) is 12.0. The van der Waals surface area contributed by atoms with Gasteiger partial charge in [-0.25, -0.2) is 0 Å². The molecule has 0 spiro atoms. The minimum absolute atomic E-state index is 0.0539. The van der Waals surface area contributed by atoms with Gasteiger partial charge in [-0.2, -0.15) is 0 Å². The lowest BCUT2D eigenvalue weighted by atomic mass is 9.78. The summed E-state index contributed by atoms with van der Waals surface area (Å²) in [6.07, 6.45) is 3.41. The van der Waals surface area contributed by atoms with Crippen LogP contribution in [0.1, 0.15) is 105 Å². The number of piperidine rings is 1. The lowest BCUT2D eigenvalue weighted by molar-refractivity contribution is -0.217. The number of benzene rings is 1. The SMILES string of the molecule is Cc1cc(C(C)(C)C)c(O)c(C(C)(C)C)c1ON1C(C)(C)CCCC1(C)C. The number of aromatic hydroxyl groups is 1. The zero-order valence-electron chi connectivity index (χ0n) is 19.5. The average Bonchev–Trinajstić information content (AvgIpc) is 2.42. The molecule has 1 aliphatic rings.